The first-order chi connectivity index (χ1) is 11.7. The van der Waals surface area contributed by atoms with Crippen LogP contribution in [-0.2, 0) is 0 Å². The van der Waals surface area contributed by atoms with Crippen LogP contribution in [0.25, 0.3) is 0 Å². The number of amides is 2. The van der Waals surface area contributed by atoms with Gasteiger partial charge in [-0.3, -0.25) is 0 Å². The van der Waals surface area contributed by atoms with Gasteiger partial charge < -0.3 is 15.5 Å². The average Bonchev–Trinajstić information content (AvgIpc) is 3.10. The molecule has 3 rings (SSSR count). The number of halogens is 1. The molecule has 2 aromatic rings. The van der Waals surface area contributed by atoms with Crippen LogP contribution in [0.15, 0.2) is 54.6 Å². The van der Waals surface area contributed by atoms with Gasteiger partial charge in [-0.25, -0.2) is 9.18 Å². The van der Waals surface area contributed by atoms with Gasteiger partial charge in [-0.05, 0) is 43.6 Å². The number of likely N-dealkylation sites (tertiary alicyclic amines) is 1. The lowest BCUT2D eigenvalue weighted by Gasteiger charge is -2.25. The molecule has 2 amide bonds. The minimum Gasteiger partial charge on any atom is -0.330 e. The predicted octanol–water partition coefficient (Wildman–Crippen LogP) is 3.78. The highest BCUT2D eigenvalue weighted by Gasteiger charge is 2.21. The number of carbonyl (C=O) groups excluding carboxylic acids is 1. The van der Waals surface area contributed by atoms with Crippen molar-refractivity contribution >= 4 is 11.7 Å². The number of benzene rings is 2. The third kappa shape index (κ3) is 4.32. The van der Waals surface area contributed by atoms with E-state index in [-0.39, 0.29) is 11.7 Å². The molecular formula is C19H22FN3O. The molecule has 0 bridgehead atoms. The van der Waals surface area contributed by atoms with Gasteiger partial charge in [-0.1, -0.05) is 42.5 Å². The van der Waals surface area contributed by atoms with Crippen molar-refractivity contribution in [1.82, 2.24) is 10.2 Å². The molecule has 0 spiro atoms. The number of para-hydroxylation sites is 1. The van der Waals surface area contributed by atoms with E-state index in [1.54, 1.807) is 18.2 Å². The van der Waals surface area contributed by atoms with Crippen molar-refractivity contribution in [1.29, 1.82) is 0 Å². The fraction of sp³-hybridized carbons (Fsp3) is 0.316. The van der Waals surface area contributed by atoms with Gasteiger partial charge in [0.05, 0.1) is 11.7 Å². The van der Waals surface area contributed by atoms with Crippen LogP contribution in [0.5, 0.6) is 0 Å². The van der Waals surface area contributed by atoms with Crippen LogP contribution in [0.4, 0.5) is 14.9 Å². The second-order valence-corrected chi connectivity index (χ2v) is 6.05. The second-order valence-electron chi connectivity index (χ2n) is 6.05. The Bertz CT molecular complexity index is 671. The lowest BCUT2D eigenvalue weighted by Crippen LogP contribution is -2.39. The van der Waals surface area contributed by atoms with Crippen LogP contribution in [0, 0.1) is 5.82 Å². The van der Waals surface area contributed by atoms with Crippen LogP contribution in [0.2, 0.25) is 0 Å². The number of nitrogens with zero attached hydrogens (tertiary/aromatic N) is 1. The highest BCUT2D eigenvalue weighted by molar-refractivity contribution is 5.89. The van der Waals surface area contributed by atoms with Crippen molar-refractivity contribution in [3.05, 3.63) is 66.0 Å². The molecule has 0 aliphatic carbocycles. The van der Waals surface area contributed by atoms with E-state index >= 15 is 0 Å². The summed E-state index contributed by atoms with van der Waals surface area (Å²) in [7, 11) is 0. The Kier molecular flexibility index (Phi) is 5.43. The van der Waals surface area contributed by atoms with Crippen molar-refractivity contribution < 1.29 is 9.18 Å². The van der Waals surface area contributed by atoms with Crippen molar-refractivity contribution in [3.63, 3.8) is 0 Å². The van der Waals surface area contributed by atoms with Gasteiger partial charge in [0.15, 0.2) is 0 Å². The van der Waals surface area contributed by atoms with Gasteiger partial charge in [0.2, 0.25) is 0 Å². The molecule has 1 atom stereocenters. The maximum Gasteiger partial charge on any atom is 0.319 e. The normalized spacial score (nSPS) is 15.9. The Labute approximate surface area is 141 Å². The van der Waals surface area contributed by atoms with Crippen molar-refractivity contribution in [2.75, 3.05) is 25.0 Å². The molecule has 0 unspecified atom stereocenters. The summed E-state index contributed by atoms with van der Waals surface area (Å²) in [5.41, 5.74) is 1.23. The minimum atomic E-state index is -0.441. The van der Waals surface area contributed by atoms with E-state index in [9.17, 15) is 9.18 Å². The van der Waals surface area contributed by atoms with Gasteiger partial charge in [0, 0.05) is 6.54 Å². The van der Waals surface area contributed by atoms with Gasteiger partial charge >= 0.3 is 6.03 Å². The summed E-state index contributed by atoms with van der Waals surface area (Å²) in [6.07, 6.45) is 2.39. The number of rotatable bonds is 5. The minimum absolute atomic E-state index is 0.129. The topological polar surface area (TPSA) is 44.4 Å². The van der Waals surface area contributed by atoms with Gasteiger partial charge in [-0.2, -0.15) is 0 Å². The summed E-state index contributed by atoms with van der Waals surface area (Å²) in [4.78, 5) is 14.7. The molecular weight excluding hydrogens is 305 g/mol. The monoisotopic (exact) mass is 327 g/mol. The van der Waals surface area contributed by atoms with E-state index < -0.39 is 11.8 Å². The maximum absolute atomic E-state index is 13.7. The van der Waals surface area contributed by atoms with Crippen molar-refractivity contribution in [3.8, 4) is 0 Å². The van der Waals surface area contributed by atoms with E-state index in [1.165, 1.54) is 18.9 Å². The SMILES string of the molecule is O=C(Nc1ccccc1F)N[C@H](CN1CCCC1)c1ccccc1. The van der Waals surface area contributed by atoms with Gasteiger partial charge in [0.1, 0.15) is 5.82 Å². The van der Waals surface area contributed by atoms with E-state index in [0.29, 0.717) is 0 Å². The van der Waals surface area contributed by atoms with E-state index in [4.69, 9.17) is 0 Å². The summed E-state index contributed by atoms with van der Waals surface area (Å²) in [5.74, 6) is -0.441. The molecule has 4 nitrogen and oxygen atoms in total. The predicted molar refractivity (Wildman–Crippen MR) is 93.4 cm³/mol. The molecule has 1 saturated heterocycles. The van der Waals surface area contributed by atoms with Crippen molar-refractivity contribution in [2.24, 2.45) is 0 Å². The summed E-state index contributed by atoms with van der Waals surface area (Å²) < 4.78 is 13.7. The van der Waals surface area contributed by atoms with E-state index in [1.807, 2.05) is 30.3 Å². The zero-order valence-corrected chi connectivity index (χ0v) is 13.5. The fourth-order valence-corrected chi connectivity index (χ4v) is 3.02. The quantitative estimate of drug-likeness (QED) is 0.878. The number of hydrogen-bond donors (Lipinski definition) is 2. The van der Waals surface area contributed by atoms with Crippen LogP contribution >= 0.6 is 0 Å². The molecule has 126 valence electrons. The number of hydrogen-bond acceptors (Lipinski definition) is 2. The summed E-state index contributed by atoms with van der Waals surface area (Å²) in [6.45, 7) is 2.87. The Balaban J connectivity index is 1.68. The number of urea groups is 1. The van der Waals surface area contributed by atoms with Crippen LogP contribution in [-0.4, -0.2) is 30.6 Å². The molecule has 2 N–H and O–H groups in total. The van der Waals surface area contributed by atoms with Crippen LogP contribution < -0.4 is 10.6 Å². The highest BCUT2D eigenvalue weighted by atomic mass is 19.1. The Morgan fingerprint density at radius 2 is 1.71 bits per heavy atom. The van der Waals surface area contributed by atoms with Crippen molar-refractivity contribution in [2.45, 2.75) is 18.9 Å². The van der Waals surface area contributed by atoms with E-state index in [2.05, 4.69) is 15.5 Å². The first-order valence-electron chi connectivity index (χ1n) is 8.32. The lowest BCUT2D eigenvalue weighted by molar-refractivity contribution is 0.240. The Morgan fingerprint density at radius 1 is 1.04 bits per heavy atom. The summed E-state index contributed by atoms with van der Waals surface area (Å²) in [6, 6.07) is 15.5. The number of anilines is 1. The molecule has 1 aliphatic heterocycles. The third-order valence-corrected chi connectivity index (χ3v) is 4.27. The molecule has 0 radical (unpaired) electrons. The zero-order chi connectivity index (χ0) is 16.8. The zero-order valence-electron chi connectivity index (χ0n) is 13.5. The first kappa shape index (κ1) is 16.5. The Hall–Kier alpha value is -2.40. The molecule has 0 aromatic heterocycles. The Morgan fingerprint density at radius 3 is 2.42 bits per heavy atom. The maximum atomic E-state index is 13.7. The molecule has 1 aliphatic rings. The molecule has 24 heavy (non-hydrogen) atoms. The van der Waals surface area contributed by atoms with E-state index in [0.717, 1.165) is 25.2 Å². The second kappa shape index (κ2) is 7.93. The molecule has 2 aromatic carbocycles. The molecule has 5 heteroatoms. The molecule has 1 heterocycles. The number of carbonyl (C=O) groups is 1. The smallest absolute Gasteiger partial charge is 0.319 e. The largest absolute Gasteiger partial charge is 0.330 e. The van der Waals surface area contributed by atoms with Crippen LogP contribution in [0.1, 0.15) is 24.4 Å². The summed E-state index contributed by atoms with van der Waals surface area (Å²) in [5, 5.41) is 5.57. The lowest BCUT2D eigenvalue weighted by atomic mass is 10.1. The average molecular weight is 327 g/mol. The highest BCUT2D eigenvalue weighted by Crippen LogP contribution is 2.18. The summed E-state index contributed by atoms with van der Waals surface area (Å²) >= 11 is 0. The van der Waals surface area contributed by atoms with Crippen LogP contribution in [0.3, 0.4) is 0 Å². The fourth-order valence-electron chi connectivity index (χ4n) is 3.02. The first-order valence-corrected chi connectivity index (χ1v) is 8.32. The molecule has 0 saturated carbocycles. The van der Waals surface area contributed by atoms with Gasteiger partial charge in [-0.15, -0.1) is 0 Å². The molecule has 1 fully saturated rings. The third-order valence-electron chi connectivity index (χ3n) is 4.27. The number of nitrogens with one attached hydrogen (secondary N) is 2. The van der Waals surface area contributed by atoms with Gasteiger partial charge in [0.25, 0.3) is 0 Å². The standard InChI is InChI=1S/C19H22FN3O/c20-16-10-4-5-11-17(16)21-19(24)22-18(14-23-12-6-7-13-23)15-8-2-1-3-9-15/h1-5,8-11,18H,6-7,12-14H2,(H2,21,22,24)/t18-/m1/s1.